The predicted octanol–water partition coefficient (Wildman–Crippen LogP) is 13.9. The molecule has 0 radical (unpaired) electrons. The number of benzene rings is 8. The molecule has 4 nitrogen and oxygen atoms in total. The van der Waals surface area contributed by atoms with Crippen LogP contribution in [0.25, 0.3) is 75.8 Å². The van der Waals surface area contributed by atoms with Crippen molar-refractivity contribution in [2.45, 2.75) is 5.41 Å². The van der Waals surface area contributed by atoms with Crippen molar-refractivity contribution in [3.63, 3.8) is 0 Å². The summed E-state index contributed by atoms with van der Waals surface area (Å²) in [6, 6.07) is 65.1. The molecule has 0 amide bonds. The minimum absolute atomic E-state index is 0.0896. The summed E-state index contributed by atoms with van der Waals surface area (Å²) in [5.74, 6) is 1.42. The molecule has 0 bridgehead atoms. The lowest BCUT2D eigenvalue weighted by molar-refractivity contribution is 0.202. The van der Waals surface area contributed by atoms with Crippen LogP contribution in [0.1, 0.15) is 22.3 Å². The van der Waals surface area contributed by atoms with Crippen molar-refractivity contribution in [2.75, 3.05) is 26.4 Å². The molecule has 0 unspecified atom stereocenters. The molecule has 0 spiro atoms. The van der Waals surface area contributed by atoms with Gasteiger partial charge in [0.25, 0.3) is 0 Å². The maximum absolute atomic E-state index is 9.91. The van der Waals surface area contributed by atoms with Crippen molar-refractivity contribution in [2.24, 2.45) is 0 Å². The van der Waals surface area contributed by atoms with Crippen molar-refractivity contribution >= 4 is 42.8 Å². The highest BCUT2D eigenvalue weighted by molar-refractivity contribution is 7.18. The number of thiophene rings is 2. The van der Waals surface area contributed by atoms with Crippen LogP contribution in [-0.2, 0) is 5.41 Å². The number of hydrogen-bond acceptors (Lipinski definition) is 6. The topological polar surface area (TPSA) is 58.9 Å². The zero-order valence-corrected chi connectivity index (χ0v) is 36.0. The van der Waals surface area contributed by atoms with Gasteiger partial charge in [0, 0.05) is 42.4 Å². The zero-order valence-electron chi connectivity index (χ0n) is 34.3. The molecule has 0 saturated carbocycles. The maximum Gasteiger partial charge on any atom is 0.127 e. The molecule has 1 aliphatic carbocycles. The molecule has 1 aliphatic rings. The summed E-state index contributed by atoms with van der Waals surface area (Å²) in [4.78, 5) is 0. The Morgan fingerprint density at radius 1 is 0.397 bits per heavy atom. The number of rotatable bonds is 12. The van der Waals surface area contributed by atoms with Gasteiger partial charge in [-0.15, -0.1) is 22.7 Å². The summed E-state index contributed by atoms with van der Waals surface area (Å²) in [6.07, 6.45) is 0. The third-order valence-corrected chi connectivity index (χ3v) is 14.3. The van der Waals surface area contributed by atoms with Crippen LogP contribution in [0.2, 0.25) is 0 Å². The van der Waals surface area contributed by atoms with Crippen LogP contribution in [-0.4, -0.2) is 36.6 Å². The molecular formula is C57H42O4S2. The second-order valence-electron chi connectivity index (χ2n) is 15.8. The normalized spacial score (nSPS) is 12.7. The zero-order chi connectivity index (χ0) is 42.3. The van der Waals surface area contributed by atoms with E-state index in [-0.39, 0.29) is 26.4 Å². The lowest BCUT2D eigenvalue weighted by Gasteiger charge is -2.35. The molecule has 306 valence electrons. The number of aliphatic hydroxyl groups excluding tert-OH is 2. The van der Waals surface area contributed by atoms with E-state index in [1.807, 2.05) is 12.1 Å². The fourth-order valence-electron chi connectivity index (χ4n) is 9.80. The Balaban J connectivity index is 1.30. The maximum atomic E-state index is 9.91. The second kappa shape index (κ2) is 16.5. The molecule has 0 atom stereocenters. The number of hydrogen-bond donors (Lipinski definition) is 2. The first-order chi connectivity index (χ1) is 31.2. The van der Waals surface area contributed by atoms with Gasteiger partial charge < -0.3 is 19.7 Å². The number of fused-ring (bicyclic) bond motifs is 5. The quantitative estimate of drug-likeness (QED) is 0.129. The summed E-state index contributed by atoms with van der Waals surface area (Å²) in [5, 5.41) is 27.0. The molecular weight excluding hydrogens is 813 g/mol. The Labute approximate surface area is 374 Å². The van der Waals surface area contributed by atoms with E-state index in [0.717, 1.165) is 33.4 Å². The lowest BCUT2D eigenvalue weighted by Crippen LogP contribution is -2.29. The highest BCUT2D eigenvalue weighted by Crippen LogP contribution is 2.62. The average molecular weight is 855 g/mol. The third kappa shape index (κ3) is 6.49. The first-order valence-corrected chi connectivity index (χ1v) is 23.0. The van der Waals surface area contributed by atoms with Gasteiger partial charge in [-0.3, -0.25) is 0 Å². The Morgan fingerprint density at radius 2 is 0.825 bits per heavy atom. The molecule has 2 N–H and O–H groups in total. The molecule has 0 aliphatic heterocycles. The van der Waals surface area contributed by atoms with Crippen LogP contribution in [0.15, 0.2) is 193 Å². The summed E-state index contributed by atoms with van der Waals surface area (Å²) in [5.41, 5.74) is 14.9. The van der Waals surface area contributed by atoms with Crippen LogP contribution in [0, 0.1) is 0 Å². The van der Waals surface area contributed by atoms with Gasteiger partial charge in [-0.25, -0.2) is 0 Å². The highest BCUT2D eigenvalue weighted by Gasteiger charge is 2.49. The van der Waals surface area contributed by atoms with Gasteiger partial charge >= 0.3 is 0 Å². The Kier molecular flexibility index (Phi) is 10.2. The largest absolute Gasteiger partial charge is 0.491 e. The average Bonchev–Trinajstić information content (AvgIpc) is 4.07. The summed E-state index contributed by atoms with van der Waals surface area (Å²) >= 11 is 3.57. The molecule has 10 aromatic rings. The number of ether oxygens (including phenoxy) is 2. The molecule has 63 heavy (non-hydrogen) atoms. The van der Waals surface area contributed by atoms with Crippen LogP contribution in [0.4, 0.5) is 0 Å². The molecule has 0 fully saturated rings. The van der Waals surface area contributed by atoms with Crippen molar-refractivity contribution in [3.8, 4) is 67.1 Å². The van der Waals surface area contributed by atoms with Crippen LogP contribution < -0.4 is 9.47 Å². The van der Waals surface area contributed by atoms with E-state index < -0.39 is 5.41 Å². The summed E-state index contributed by atoms with van der Waals surface area (Å²) in [6.45, 7) is 0.185. The van der Waals surface area contributed by atoms with Crippen molar-refractivity contribution in [3.05, 3.63) is 215 Å². The molecule has 11 rings (SSSR count). The summed E-state index contributed by atoms with van der Waals surface area (Å²) in [7, 11) is 0. The van der Waals surface area contributed by atoms with Crippen LogP contribution in [0.3, 0.4) is 0 Å². The van der Waals surface area contributed by atoms with Gasteiger partial charge in [-0.2, -0.15) is 0 Å². The minimum Gasteiger partial charge on any atom is -0.491 e. The smallest absolute Gasteiger partial charge is 0.127 e. The van der Waals surface area contributed by atoms with Gasteiger partial charge in [0.2, 0.25) is 0 Å². The Bertz CT molecular complexity index is 3050. The molecule has 0 saturated heterocycles. The van der Waals surface area contributed by atoms with E-state index in [1.54, 1.807) is 22.7 Å². The lowest BCUT2D eigenvalue weighted by atomic mass is 9.66. The van der Waals surface area contributed by atoms with Gasteiger partial charge in [0.05, 0.1) is 18.6 Å². The van der Waals surface area contributed by atoms with E-state index in [0.29, 0.717) is 11.5 Å². The fourth-order valence-corrected chi connectivity index (χ4v) is 11.7. The van der Waals surface area contributed by atoms with Crippen LogP contribution >= 0.6 is 22.7 Å². The summed E-state index contributed by atoms with van der Waals surface area (Å²) < 4.78 is 15.1. The van der Waals surface area contributed by atoms with Gasteiger partial charge in [-0.05, 0) is 103 Å². The monoisotopic (exact) mass is 854 g/mol. The predicted molar refractivity (Wildman–Crippen MR) is 261 cm³/mol. The van der Waals surface area contributed by atoms with E-state index in [4.69, 9.17) is 9.47 Å². The van der Waals surface area contributed by atoms with E-state index in [9.17, 15) is 10.2 Å². The standard InChI is InChI=1S/C57H42O4S2/c58-29-31-60-51-27-25-39(33-45(51)37-13-3-1-4-14-37)57(40-26-28-52(61-32-30-59)46(34-40)38-15-5-2-6-16-38)49-21-11-19-43(47-35-62-53-23-9-7-17-41(47)53)55(49)56-44(20-12-22-50(56)57)48-36-63-54-24-10-8-18-42(48)54/h1-28,33-36,58-59H,29-32H2. The second-order valence-corrected chi connectivity index (χ2v) is 17.6. The Hall–Kier alpha value is -6.80. The SMILES string of the molecule is OCCOc1ccc(C2(c3ccc(OCCO)c(-c4ccccc4)c3)c3cccc(-c4csc5ccccc45)c3-c3c(-c4csc5ccccc45)cccc32)cc1-c1ccccc1. The van der Waals surface area contributed by atoms with Crippen LogP contribution in [0.5, 0.6) is 11.5 Å². The van der Waals surface area contributed by atoms with Gasteiger partial charge in [0.15, 0.2) is 0 Å². The molecule has 2 heterocycles. The van der Waals surface area contributed by atoms with E-state index >= 15 is 0 Å². The van der Waals surface area contributed by atoms with Crippen molar-refractivity contribution in [1.82, 2.24) is 0 Å². The molecule has 6 heteroatoms. The first-order valence-electron chi connectivity index (χ1n) is 21.3. The molecule has 2 aromatic heterocycles. The third-order valence-electron chi connectivity index (χ3n) is 12.4. The van der Waals surface area contributed by atoms with Crippen molar-refractivity contribution < 1.29 is 19.7 Å². The first kappa shape index (κ1) is 39.1. The van der Waals surface area contributed by atoms with E-state index in [1.165, 1.54) is 64.7 Å². The highest BCUT2D eigenvalue weighted by atomic mass is 32.1. The van der Waals surface area contributed by atoms with Gasteiger partial charge in [-0.1, -0.05) is 146 Å². The fraction of sp³-hybridized carbons (Fsp3) is 0.0877. The van der Waals surface area contributed by atoms with Gasteiger partial charge in [0.1, 0.15) is 24.7 Å². The Morgan fingerprint density at radius 3 is 1.27 bits per heavy atom. The van der Waals surface area contributed by atoms with E-state index in [2.05, 4.69) is 181 Å². The minimum atomic E-state index is -0.841. The number of aliphatic hydroxyl groups is 2. The molecule has 8 aromatic carbocycles. The van der Waals surface area contributed by atoms with Crippen molar-refractivity contribution in [1.29, 1.82) is 0 Å².